The van der Waals surface area contributed by atoms with Gasteiger partial charge in [-0.1, -0.05) is 0 Å². The summed E-state index contributed by atoms with van der Waals surface area (Å²) in [7, 11) is 0. The highest BCUT2D eigenvalue weighted by atomic mass is 16.2. The average molecular weight is 195 g/mol. The molecule has 0 saturated carbocycles. The van der Waals surface area contributed by atoms with E-state index in [0.29, 0.717) is 0 Å². The van der Waals surface area contributed by atoms with Gasteiger partial charge in [0.2, 0.25) is 5.91 Å². The molecule has 0 aliphatic heterocycles. The highest BCUT2D eigenvalue weighted by molar-refractivity contribution is 5.73. The van der Waals surface area contributed by atoms with Crippen LogP contribution in [0.15, 0.2) is 18.7 Å². The summed E-state index contributed by atoms with van der Waals surface area (Å²) >= 11 is 0. The Morgan fingerprint density at radius 1 is 1.57 bits per heavy atom. The predicted octanol–water partition coefficient (Wildman–Crippen LogP) is 1.14. The minimum absolute atomic E-state index is 0.151. The van der Waals surface area contributed by atoms with Crippen molar-refractivity contribution in [2.45, 2.75) is 26.8 Å². The van der Waals surface area contributed by atoms with Crippen LogP contribution in [0.1, 0.15) is 20.3 Å². The highest BCUT2D eigenvalue weighted by Gasteiger charge is 2.04. The summed E-state index contributed by atoms with van der Waals surface area (Å²) in [5.41, 5.74) is 0. The molecular weight excluding hydrogens is 178 g/mol. The maximum atomic E-state index is 11.1. The Hall–Kier alpha value is -1.32. The fourth-order valence-corrected chi connectivity index (χ4v) is 1.40. The molecule has 78 valence electrons. The van der Waals surface area contributed by atoms with Crippen molar-refractivity contribution in [3.8, 4) is 0 Å². The first-order valence-electron chi connectivity index (χ1n) is 4.95. The van der Waals surface area contributed by atoms with E-state index in [1.807, 2.05) is 22.6 Å². The standard InChI is InChI=1S/C10H17N3O/c1-3-13(10(2)14)7-4-6-12-8-5-11-9-12/h5,8-9H,3-4,6-7H2,1-2H3. The van der Waals surface area contributed by atoms with Crippen LogP contribution in [0.25, 0.3) is 0 Å². The van der Waals surface area contributed by atoms with E-state index in [0.717, 1.165) is 26.1 Å². The van der Waals surface area contributed by atoms with Crippen LogP contribution in [0.5, 0.6) is 0 Å². The Balaban J connectivity index is 2.23. The molecule has 1 rings (SSSR count). The first-order valence-corrected chi connectivity index (χ1v) is 4.95. The van der Waals surface area contributed by atoms with Gasteiger partial charge in [0.05, 0.1) is 6.33 Å². The Labute approximate surface area is 84.5 Å². The van der Waals surface area contributed by atoms with Gasteiger partial charge < -0.3 is 9.47 Å². The lowest BCUT2D eigenvalue weighted by Gasteiger charge is -2.18. The largest absolute Gasteiger partial charge is 0.343 e. The smallest absolute Gasteiger partial charge is 0.219 e. The number of hydrogen-bond acceptors (Lipinski definition) is 2. The third-order valence-electron chi connectivity index (χ3n) is 2.23. The van der Waals surface area contributed by atoms with Crippen molar-refractivity contribution in [2.75, 3.05) is 13.1 Å². The van der Waals surface area contributed by atoms with Gasteiger partial charge in [0.25, 0.3) is 0 Å². The van der Waals surface area contributed by atoms with E-state index in [4.69, 9.17) is 0 Å². The number of carbonyl (C=O) groups excluding carboxylic acids is 1. The summed E-state index contributed by atoms with van der Waals surface area (Å²) in [6, 6.07) is 0. The molecule has 0 fully saturated rings. The summed E-state index contributed by atoms with van der Waals surface area (Å²) in [5.74, 6) is 0.151. The molecule has 0 aliphatic carbocycles. The molecule has 0 unspecified atom stereocenters. The van der Waals surface area contributed by atoms with Crippen molar-refractivity contribution in [1.29, 1.82) is 0 Å². The molecule has 1 aromatic heterocycles. The quantitative estimate of drug-likeness (QED) is 0.706. The fraction of sp³-hybridized carbons (Fsp3) is 0.600. The van der Waals surface area contributed by atoms with E-state index in [2.05, 4.69) is 4.98 Å². The lowest BCUT2D eigenvalue weighted by Crippen LogP contribution is -2.29. The van der Waals surface area contributed by atoms with Crippen molar-refractivity contribution in [3.05, 3.63) is 18.7 Å². The van der Waals surface area contributed by atoms with Gasteiger partial charge in [-0.15, -0.1) is 0 Å². The lowest BCUT2D eigenvalue weighted by molar-refractivity contribution is -0.128. The Kier molecular flexibility index (Phi) is 4.16. The van der Waals surface area contributed by atoms with Crippen molar-refractivity contribution in [1.82, 2.24) is 14.5 Å². The molecular formula is C10H17N3O. The minimum atomic E-state index is 0.151. The maximum absolute atomic E-state index is 11.1. The Bertz CT molecular complexity index is 269. The molecule has 0 spiro atoms. The molecule has 1 aromatic rings. The molecule has 0 bridgehead atoms. The fourth-order valence-electron chi connectivity index (χ4n) is 1.40. The average Bonchev–Trinajstić information content (AvgIpc) is 2.64. The molecule has 4 nitrogen and oxygen atoms in total. The summed E-state index contributed by atoms with van der Waals surface area (Å²) < 4.78 is 2.02. The van der Waals surface area contributed by atoms with Crippen LogP contribution in [0, 0.1) is 0 Å². The maximum Gasteiger partial charge on any atom is 0.219 e. The van der Waals surface area contributed by atoms with E-state index in [9.17, 15) is 4.79 Å². The van der Waals surface area contributed by atoms with Crippen molar-refractivity contribution in [2.24, 2.45) is 0 Å². The van der Waals surface area contributed by atoms with Gasteiger partial charge in [0, 0.05) is 39.0 Å². The van der Waals surface area contributed by atoms with Gasteiger partial charge in [-0.05, 0) is 13.3 Å². The van der Waals surface area contributed by atoms with Gasteiger partial charge in [-0.25, -0.2) is 4.98 Å². The summed E-state index contributed by atoms with van der Waals surface area (Å²) in [5, 5.41) is 0. The third-order valence-corrected chi connectivity index (χ3v) is 2.23. The molecule has 0 aliphatic rings. The topological polar surface area (TPSA) is 38.1 Å². The first kappa shape index (κ1) is 10.8. The molecule has 0 aromatic carbocycles. The zero-order valence-corrected chi connectivity index (χ0v) is 8.81. The second-order valence-corrected chi connectivity index (χ2v) is 3.25. The second-order valence-electron chi connectivity index (χ2n) is 3.25. The Morgan fingerprint density at radius 2 is 2.36 bits per heavy atom. The number of aryl methyl sites for hydroxylation is 1. The first-order chi connectivity index (χ1) is 6.74. The number of amides is 1. The van der Waals surface area contributed by atoms with Crippen LogP contribution in [0.2, 0.25) is 0 Å². The monoisotopic (exact) mass is 195 g/mol. The zero-order chi connectivity index (χ0) is 10.4. The molecule has 14 heavy (non-hydrogen) atoms. The van der Waals surface area contributed by atoms with Gasteiger partial charge in [-0.3, -0.25) is 4.79 Å². The van der Waals surface area contributed by atoms with Crippen LogP contribution in [-0.2, 0) is 11.3 Å². The van der Waals surface area contributed by atoms with E-state index < -0.39 is 0 Å². The zero-order valence-electron chi connectivity index (χ0n) is 8.81. The summed E-state index contributed by atoms with van der Waals surface area (Å²) in [6.45, 7) is 6.15. The van der Waals surface area contributed by atoms with Crippen LogP contribution in [-0.4, -0.2) is 33.4 Å². The number of imidazole rings is 1. The summed E-state index contributed by atoms with van der Waals surface area (Å²) in [6.07, 6.45) is 6.47. The lowest BCUT2D eigenvalue weighted by atomic mass is 10.3. The van der Waals surface area contributed by atoms with Crippen molar-refractivity contribution in [3.63, 3.8) is 0 Å². The Morgan fingerprint density at radius 3 is 2.86 bits per heavy atom. The number of aromatic nitrogens is 2. The van der Waals surface area contributed by atoms with Crippen molar-refractivity contribution >= 4 is 5.91 Å². The van der Waals surface area contributed by atoms with Crippen LogP contribution >= 0.6 is 0 Å². The normalized spacial score (nSPS) is 10.1. The minimum Gasteiger partial charge on any atom is -0.343 e. The van der Waals surface area contributed by atoms with E-state index in [-0.39, 0.29) is 5.91 Å². The van der Waals surface area contributed by atoms with Crippen LogP contribution < -0.4 is 0 Å². The number of rotatable bonds is 5. The van der Waals surface area contributed by atoms with Crippen LogP contribution in [0.4, 0.5) is 0 Å². The van der Waals surface area contributed by atoms with Gasteiger partial charge >= 0.3 is 0 Å². The molecule has 0 N–H and O–H groups in total. The van der Waals surface area contributed by atoms with E-state index in [1.165, 1.54) is 0 Å². The number of carbonyl (C=O) groups is 1. The summed E-state index contributed by atoms with van der Waals surface area (Å²) in [4.78, 5) is 16.9. The van der Waals surface area contributed by atoms with Crippen LogP contribution in [0.3, 0.4) is 0 Å². The van der Waals surface area contributed by atoms with Gasteiger partial charge in [-0.2, -0.15) is 0 Å². The van der Waals surface area contributed by atoms with Crippen molar-refractivity contribution < 1.29 is 4.79 Å². The number of nitrogens with zero attached hydrogens (tertiary/aromatic N) is 3. The molecule has 0 saturated heterocycles. The van der Waals surface area contributed by atoms with Gasteiger partial charge in [0.15, 0.2) is 0 Å². The van der Waals surface area contributed by atoms with Gasteiger partial charge in [0.1, 0.15) is 0 Å². The highest BCUT2D eigenvalue weighted by Crippen LogP contribution is 1.95. The molecule has 0 radical (unpaired) electrons. The molecule has 0 atom stereocenters. The second kappa shape index (κ2) is 5.42. The predicted molar refractivity (Wildman–Crippen MR) is 54.8 cm³/mol. The molecule has 1 amide bonds. The molecule has 4 heteroatoms. The SMILES string of the molecule is CCN(CCCn1ccnc1)C(C)=O. The van der Waals surface area contributed by atoms with E-state index >= 15 is 0 Å². The number of hydrogen-bond donors (Lipinski definition) is 0. The third kappa shape index (κ3) is 3.20. The molecule has 1 heterocycles. The van der Waals surface area contributed by atoms with E-state index in [1.54, 1.807) is 19.4 Å².